The highest BCUT2D eigenvalue weighted by atomic mass is 15.2. The van der Waals surface area contributed by atoms with Crippen molar-refractivity contribution in [1.82, 2.24) is 9.80 Å². The lowest BCUT2D eigenvalue weighted by Crippen LogP contribution is -2.32. The molecular weight excluding hydrogens is 166 g/mol. The number of hydrogen-bond donors (Lipinski definition) is 0. The van der Waals surface area contributed by atoms with E-state index in [1.165, 1.54) is 6.42 Å². The first-order valence-electron chi connectivity index (χ1n) is 4.63. The van der Waals surface area contributed by atoms with Gasteiger partial charge in [-0.25, -0.2) is 0 Å². The fourth-order valence-corrected chi connectivity index (χ4v) is 1.67. The zero-order valence-corrected chi connectivity index (χ0v) is 8.35. The van der Waals surface area contributed by atoms with Crippen molar-refractivity contribution in [2.24, 2.45) is 5.11 Å². The van der Waals surface area contributed by atoms with E-state index in [1.54, 1.807) is 0 Å². The lowest BCUT2D eigenvalue weighted by atomic mass is 10.2. The Morgan fingerprint density at radius 2 is 2.38 bits per heavy atom. The van der Waals surface area contributed by atoms with Crippen LogP contribution in [-0.4, -0.2) is 56.1 Å². The van der Waals surface area contributed by atoms with E-state index in [0.29, 0.717) is 12.6 Å². The minimum atomic E-state index is 0.594. The zero-order valence-electron chi connectivity index (χ0n) is 8.35. The van der Waals surface area contributed by atoms with Gasteiger partial charge in [-0.3, -0.25) is 0 Å². The SMILES string of the molecule is CN(C)[C@H]1CCN(CCN=[N+]=[N-])C1. The molecule has 0 aromatic carbocycles. The summed E-state index contributed by atoms with van der Waals surface area (Å²) in [5.41, 5.74) is 8.11. The second-order valence-electron chi connectivity index (χ2n) is 3.66. The molecule has 5 nitrogen and oxygen atoms in total. The van der Waals surface area contributed by atoms with Crippen molar-refractivity contribution in [2.75, 3.05) is 40.3 Å². The Labute approximate surface area is 78.9 Å². The van der Waals surface area contributed by atoms with Crippen LogP contribution in [0.1, 0.15) is 6.42 Å². The van der Waals surface area contributed by atoms with Crippen molar-refractivity contribution in [3.8, 4) is 0 Å². The second kappa shape index (κ2) is 5.07. The van der Waals surface area contributed by atoms with Gasteiger partial charge in [0.15, 0.2) is 0 Å². The summed E-state index contributed by atoms with van der Waals surface area (Å²) in [4.78, 5) is 7.34. The van der Waals surface area contributed by atoms with Gasteiger partial charge in [0.05, 0.1) is 0 Å². The maximum Gasteiger partial charge on any atom is 0.0385 e. The van der Waals surface area contributed by atoms with Crippen LogP contribution in [-0.2, 0) is 0 Å². The standard InChI is InChI=1S/C8H17N5/c1-12(2)8-3-5-13(7-8)6-4-10-11-9/h8H,3-7H2,1-2H3/t8-/m0/s1. The van der Waals surface area contributed by atoms with Gasteiger partial charge in [-0.15, -0.1) is 0 Å². The fraction of sp³-hybridized carbons (Fsp3) is 1.00. The fourth-order valence-electron chi connectivity index (χ4n) is 1.67. The Hall–Kier alpha value is -0.770. The quantitative estimate of drug-likeness (QED) is 0.370. The average Bonchev–Trinajstić information content (AvgIpc) is 2.53. The molecule has 0 amide bonds. The molecule has 1 aliphatic rings. The van der Waals surface area contributed by atoms with E-state index in [2.05, 4.69) is 33.9 Å². The summed E-state index contributed by atoms with van der Waals surface area (Å²) in [5.74, 6) is 0. The summed E-state index contributed by atoms with van der Waals surface area (Å²) >= 11 is 0. The molecule has 0 bridgehead atoms. The lowest BCUT2D eigenvalue weighted by molar-refractivity contribution is 0.272. The molecule has 0 spiro atoms. The topological polar surface area (TPSA) is 55.2 Å². The van der Waals surface area contributed by atoms with Crippen LogP contribution in [0.2, 0.25) is 0 Å². The first-order valence-corrected chi connectivity index (χ1v) is 4.63. The van der Waals surface area contributed by atoms with Crippen LogP contribution in [0.25, 0.3) is 10.4 Å². The summed E-state index contributed by atoms with van der Waals surface area (Å²) < 4.78 is 0. The van der Waals surface area contributed by atoms with Crippen LogP contribution in [0.5, 0.6) is 0 Å². The summed E-state index contributed by atoms with van der Waals surface area (Å²) in [6.45, 7) is 3.72. The van der Waals surface area contributed by atoms with Gasteiger partial charge >= 0.3 is 0 Å². The highest BCUT2D eigenvalue weighted by Crippen LogP contribution is 2.12. The number of nitrogens with zero attached hydrogens (tertiary/aromatic N) is 5. The van der Waals surface area contributed by atoms with Gasteiger partial charge in [-0.2, -0.15) is 0 Å². The maximum atomic E-state index is 8.11. The van der Waals surface area contributed by atoms with E-state index < -0.39 is 0 Å². The molecular formula is C8H17N5. The van der Waals surface area contributed by atoms with Crippen molar-refractivity contribution in [3.63, 3.8) is 0 Å². The van der Waals surface area contributed by atoms with Crippen molar-refractivity contribution < 1.29 is 0 Å². The zero-order chi connectivity index (χ0) is 9.68. The smallest absolute Gasteiger partial charge is 0.0385 e. The lowest BCUT2D eigenvalue weighted by Gasteiger charge is -2.19. The van der Waals surface area contributed by atoms with Crippen LogP contribution in [0.4, 0.5) is 0 Å². The molecule has 1 atom stereocenters. The van der Waals surface area contributed by atoms with Crippen LogP contribution >= 0.6 is 0 Å². The Morgan fingerprint density at radius 3 is 2.92 bits per heavy atom. The predicted octanol–water partition coefficient (Wildman–Crippen LogP) is 0.933. The second-order valence-corrected chi connectivity index (χ2v) is 3.66. The summed E-state index contributed by atoms with van der Waals surface area (Å²) in [6, 6.07) is 0.672. The highest BCUT2D eigenvalue weighted by molar-refractivity contribution is 4.80. The molecule has 0 radical (unpaired) electrons. The molecule has 1 rings (SSSR count). The van der Waals surface area contributed by atoms with Crippen molar-refractivity contribution in [1.29, 1.82) is 0 Å². The first kappa shape index (κ1) is 10.3. The normalized spacial score (nSPS) is 23.5. The minimum Gasteiger partial charge on any atom is -0.305 e. The van der Waals surface area contributed by atoms with Gasteiger partial charge in [0.1, 0.15) is 0 Å². The van der Waals surface area contributed by atoms with Gasteiger partial charge in [0.2, 0.25) is 0 Å². The van der Waals surface area contributed by atoms with E-state index in [-0.39, 0.29) is 0 Å². The molecule has 74 valence electrons. The highest BCUT2D eigenvalue weighted by Gasteiger charge is 2.22. The minimum absolute atomic E-state index is 0.594. The van der Waals surface area contributed by atoms with E-state index >= 15 is 0 Å². The third-order valence-corrected chi connectivity index (χ3v) is 2.56. The van der Waals surface area contributed by atoms with E-state index in [1.807, 2.05) is 0 Å². The van der Waals surface area contributed by atoms with Crippen molar-refractivity contribution in [2.45, 2.75) is 12.5 Å². The predicted molar refractivity (Wildman–Crippen MR) is 52.5 cm³/mol. The molecule has 0 aromatic heterocycles. The molecule has 0 saturated carbocycles. The monoisotopic (exact) mass is 183 g/mol. The van der Waals surface area contributed by atoms with E-state index in [4.69, 9.17) is 5.53 Å². The Balaban J connectivity index is 2.21. The Morgan fingerprint density at radius 1 is 1.62 bits per heavy atom. The molecule has 5 heteroatoms. The van der Waals surface area contributed by atoms with E-state index in [9.17, 15) is 0 Å². The van der Waals surface area contributed by atoms with Gasteiger partial charge in [-0.1, -0.05) is 5.11 Å². The molecule has 0 unspecified atom stereocenters. The maximum absolute atomic E-state index is 8.11. The van der Waals surface area contributed by atoms with Crippen LogP contribution in [0, 0.1) is 0 Å². The summed E-state index contributed by atoms with van der Waals surface area (Å²) in [7, 11) is 4.23. The molecule has 13 heavy (non-hydrogen) atoms. The van der Waals surface area contributed by atoms with Crippen LogP contribution < -0.4 is 0 Å². The van der Waals surface area contributed by atoms with Crippen molar-refractivity contribution >= 4 is 0 Å². The Bertz CT molecular complexity index is 197. The number of hydrogen-bond acceptors (Lipinski definition) is 3. The summed E-state index contributed by atoms with van der Waals surface area (Å²) in [5, 5.41) is 3.53. The Kier molecular flexibility index (Phi) is 4.02. The van der Waals surface area contributed by atoms with E-state index in [0.717, 1.165) is 19.6 Å². The number of likely N-dealkylation sites (N-methyl/N-ethyl adjacent to an activating group) is 1. The van der Waals surface area contributed by atoms with Crippen LogP contribution in [0.3, 0.4) is 0 Å². The molecule has 0 aromatic rings. The molecule has 0 N–H and O–H groups in total. The molecule has 1 aliphatic heterocycles. The average molecular weight is 183 g/mol. The third kappa shape index (κ3) is 3.22. The molecule has 1 fully saturated rings. The number of azide groups is 1. The third-order valence-electron chi connectivity index (χ3n) is 2.56. The van der Waals surface area contributed by atoms with Gasteiger partial charge in [0.25, 0.3) is 0 Å². The largest absolute Gasteiger partial charge is 0.305 e. The van der Waals surface area contributed by atoms with Crippen molar-refractivity contribution in [3.05, 3.63) is 10.4 Å². The van der Waals surface area contributed by atoms with Gasteiger partial charge in [-0.05, 0) is 32.6 Å². The van der Waals surface area contributed by atoms with Gasteiger partial charge in [0, 0.05) is 30.6 Å². The number of likely N-dealkylation sites (tertiary alicyclic amines) is 1. The number of rotatable bonds is 4. The summed E-state index contributed by atoms with van der Waals surface area (Å²) in [6.07, 6.45) is 1.23. The van der Waals surface area contributed by atoms with Crippen LogP contribution in [0.15, 0.2) is 5.11 Å². The molecule has 1 heterocycles. The first-order chi connectivity index (χ1) is 6.24. The van der Waals surface area contributed by atoms with Gasteiger partial charge < -0.3 is 9.80 Å². The molecule has 1 saturated heterocycles. The molecule has 0 aliphatic carbocycles.